The highest BCUT2D eigenvalue weighted by Gasteiger charge is 2.10. The number of nitrogens with one attached hydrogen (secondary N) is 1. The number of thiazole rings is 1. The molecule has 1 heterocycles. The summed E-state index contributed by atoms with van der Waals surface area (Å²) in [5.41, 5.74) is 1.15. The maximum absolute atomic E-state index is 11.9. The Kier molecular flexibility index (Phi) is 4.45. The van der Waals surface area contributed by atoms with Crippen LogP contribution in [-0.2, 0) is 5.88 Å². The Morgan fingerprint density at radius 3 is 2.72 bits per heavy atom. The van der Waals surface area contributed by atoms with Crippen molar-refractivity contribution in [2.24, 2.45) is 0 Å². The van der Waals surface area contributed by atoms with Gasteiger partial charge in [-0.1, -0.05) is 23.2 Å². The van der Waals surface area contributed by atoms with Crippen LogP contribution in [0.4, 0.5) is 5.13 Å². The normalized spacial score (nSPS) is 10.4. The molecular formula is C11H7Cl3N2OS. The second-order valence-electron chi connectivity index (χ2n) is 3.36. The summed E-state index contributed by atoms with van der Waals surface area (Å²) in [6.45, 7) is 0. The third kappa shape index (κ3) is 3.14. The maximum atomic E-state index is 11.9. The van der Waals surface area contributed by atoms with Gasteiger partial charge in [-0.25, -0.2) is 4.98 Å². The third-order valence-corrected chi connectivity index (χ3v) is 3.91. The van der Waals surface area contributed by atoms with Crippen molar-refractivity contribution in [2.45, 2.75) is 5.88 Å². The lowest BCUT2D eigenvalue weighted by molar-refractivity contribution is 0.102. The molecule has 1 N–H and O–H groups in total. The van der Waals surface area contributed by atoms with Crippen LogP contribution in [0.15, 0.2) is 23.6 Å². The Balaban J connectivity index is 2.14. The fourth-order valence-electron chi connectivity index (χ4n) is 1.23. The van der Waals surface area contributed by atoms with Crippen molar-refractivity contribution in [3.63, 3.8) is 0 Å². The van der Waals surface area contributed by atoms with Crippen LogP contribution < -0.4 is 5.32 Å². The molecule has 0 aliphatic rings. The third-order valence-electron chi connectivity index (χ3n) is 2.09. The minimum Gasteiger partial charge on any atom is -0.298 e. The summed E-state index contributed by atoms with van der Waals surface area (Å²) in [6.07, 6.45) is 0. The number of rotatable bonds is 3. The highest BCUT2D eigenvalue weighted by molar-refractivity contribution is 7.14. The molecule has 94 valence electrons. The van der Waals surface area contributed by atoms with Crippen molar-refractivity contribution >= 4 is 57.2 Å². The lowest BCUT2D eigenvalue weighted by atomic mass is 10.2. The van der Waals surface area contributed by atoms with E-state index in [4.69, 9.17) is 34.8 Å². The lowest BCUT2D eigenvalue weighted by Gasteiger charge is -2.03. The molecule has 18 heavy (non-hydrogen) atoms. The van der Waals surface area contributed by atoms with Gasteiger partial charge in [0.25, 0.3) is 5.91 Å². The van der Waals surface area contributed by atoms with Crippen LogP contribution in [0.3, 0.4) is 0 Å². The fourth-order valence-corrected chi connectivity index (χ4v) is 2.46. The molecule has 1 aromatic heterocycles. The molecule has 0 saturated heterocycles. The summed E-state index contributed by atoms with van der Waals surface area (Å²) < 4.78 is 0. The molecule has 1 amide bonds. The van der Waals surface area contributed by atoms with Crippen LogP contribution >= 0.6 is 46.1 Å². The minimum absolute atomic E-state index is 0.288. The number of carbonyl (C=O) groups is 1. The van der Waals surface area contributed by atoms with Crippen molar-refractivity contribution < 1.29 is 4.79 Å². The molecule has 0 spiro atoms. The van der Waals surface area contributed by atoms with Crippen LogP contribution in [0.2, 0.25) is 10.0 Å². The summed E-state index contributed by atoms with van der Waals surface area (Å²) in [5, 5.41) is 5.71. The summed E-state index contributed by atoms with van der Waals surface area (Å²) in [6, 6.07) is 4.68. The standard InChI is InChI=1S/C11H7Cl3N2OS/c12-4-7-5-18-11(15-7)16-10(17)6-1-2-8(13)9(14)3-6/h1-3,5H,4H2,(H,15,16,17). The fraction of sp³-hybridized carbons (Fsp3) is 0.0909. The number of benzene rings is 1. The number of hydrogen-bond donors (Lipinski definition) is 1. The van der Waals surface area contributed by atoms with E-state index in [0.29, 0.717) is 26.6 Å². The number of carbonyl (C=O) groups excluding carboxylic acids is 1. The molecule has 3 nitrogen and oxygen atoms in total. The van der Waals surface area contributed by atoms with Gasteiger partial charge in [0.2, 0.25) is 0 Å². The Labute approximate surface area is 123 Å². The average molecular weight is 322 g/mol. The number of amides is 1. The first kappa shape index (κ1) is 13.6. The summed E-state index contributed by atoms with van der Waals surface area (Å²) in [4.78, 5) is 16.0. The second kappa shape index (κ2) is 5.89. The van der Waals surface area contributed by atoms with Gasteiger partial charge in [-0.2, -0.15) is 0 Å². The molecule has 0 aliphatic heterocycles. The second-order valence-corrected chi connectivity index (χ2v) is 5.30. The van der Waals surface area contributed by atoms with Gasteiger partial charge in [0, 0.05) is 10.9 Å². The van der Waals surface area contributed by atoms with E-state index < -0.39 is 0 Å². The minimum atomic E-state index is -0.288. The first-order valence-corrected chi connectivity index (χ1v) is 7.04. The first-order valence-electron chi connectivity index (χ1n) is 4.87. The van der Waals surface area contributed by atoms with Gasteiger partial charge in [0.1, 0.15) is 0 Å². The molecule has 0 aliphatic carbocycles. The van der Waals surface area contributed by atoms with Gasteiger partial charge >= 0.3 is 0 Å². The number of alkyl halides is 1. The summed E-state index contributed by atoms with van der Waals surface area (Å²) in [7, 11) is 0. The van der Waals surface area contributed by atoms with Crippen molar-refractivity contribution in [3.8, 4) is 0 Å². The number of halogens is 3. The molecule has 1 aromatic carbocycles. The van der Waals surface area contributed by atoms with Crippen LogP contribution in [0, 0.1) is 0 Å². The Morgan fingerprint density at radius 1 is 1.33 bits per heavy atom. The van der Waals surface area contributed by atoms with Crippen LogP contribution in [0.25, 0.3) is 0 Å². The maximum Gasteiger partial charge on any atom is 0.257 e. The van der Waals surface area contributed by atoms with Crippen LogP contribution in [-0.4, -0.2) is 10.9 Å². The molecular weight excluding hydrogens is 315 g/mol. The zero-order valence-electron chi connectivity index (χ0n) is 8.91. The van der Waals surface area contributed by atoms with Crippen molar-refractivity contribution in [1.82, 2.24) is 4.98 Å². The SMILES string of the molecule is O=C(Nc1nc(CCl)cs1)c1ccc(Cl)c(Cl)c1. The Morgan fingerprint density at radius 2 is 2.11 bits per heavy atom. The van der Waals surface area contributed by atoms with Gasteiger partial charge in [-0.3, -0.25) is 10.1 Å². The van der Waals surface area contributed by atoms with Gasteiger partial charge < -0.3 is 0 Å². The highest BCUT2D eigenvalue weighted by atomic mass is 35.5. The van der Waals surface area contributed by atoms with Crippen LogP contribution in [0.1, 0.15) is 16.1 Å². The molecule has 0 bridgehead atoms. The van der Waals surface area contributed by atoms with E-state index in [2.05, 4.69) is 10.3 Å². The van der Waals surface area contributed by atoms with E-state index in [0.717, 1.165) is 5.69 Å². The quantitative estimate of drug-likeness (QED) is 0.849. The molecule has 2 aromatic rings. The van der Waals surface area contributed by atoms with Crippen molar-refractivity contribution in [1.29, 1.82) is 0 Å². The number of aromatic nitrogens is 1. The number of nitrogens with zero attached hydrogens (tertiary/aromatic N) is 1. The zero-order chi connectivity index (χ0) is 13.1. The average Bonchev–Trinajstić information content (AvgIpc) is 2.80. The van der Waals surface area contributed by atoms with Crippen LogP contribution in [0.5, 0.6) is 0 Å². The summed E-state index contributed by atoms with van der Waals surface area (Å²) in [5.74, 6) is 0.0307. The van der Waals surface area contributed by atoms with Gasteiger partial charge in [0.05, 0.1) is 21.6 Å². The predicted molar refractivity (Wildman–Crippen MR) is 76.1 cm³/mol. The monoisotopic (exact) mass is 320 g/mol. The largest absolute Gasteiger partial charge is 0.298 e. The predicted octanol–water partition coefficient (Wildman–Crippen LogP) is 4.44. The molecule has 2 rings (SSSR count). The Bertz CT molecular complexity index is 585. The van der Waals surface area contributed by atoms with E-state index in [9.17, 15) is 4.79 Å². The molecule has 0 saturated carbocycles. The Hall–Kier alpha value is -0.810. The van der Waals surface area contributed by atoms with E-state index in [1.165, 1.54) is 17.4 Å². The summed E-state index contributed by atoms with van der Waals surface area (Å²) >= 11 is 18.6. The smallest absolute Gasteiger partial charge is 0.257 e. The first-order chi connectivity index (χ1) is 8.60. The highest BCUT2D eigenvalue weighted by Crippen LogP contribution is 2.23. The van der Waals surface area contributed by atoms with Gasteiger partial charge in [0.15, 0.2) is 5.13 Å². The van der Waals surface area contributed by atoms with E-state index >= 15 is 0 Å². The zero-order valence-corrected chi connectivity index (χ0v) is 12.0. The van der Waals surface area contributed by atoms with E-state index in [-0.39, 0.29) is 5.91 Å². The molecule has 0 unspecified atom stereocenters. The lowest BCUT2D eigenvalue weighted by Crippen LogP contribution is -2.11. The van der Waals surface area contributed by atoms with Crippen molar-refractivity contribution in [2.75, 3.05) is 5.32 Å². The van der Waals surface area contributed by atoms with E-state index in [1.54, 1.807) is 17.5 Å². The van der Waals surface area contributed by atoms with Gasteiger partial charge in [-0.15, -0.1) is 22.9 Å². The molecule has 7 heteroatoms. The number of anilines is 1. The number of hydrogen-bond acceptors (Lipinski definition) is 3. The molecule has 0 atom stereocenters. The topological polar surface area (TPSA) is 42.0 Å². The molecule has 0 fully saturated rings. The van der Waals surface area contributed by atoms with Crippen molar-refractivity contribution in [3.05, 3.63) is 44.9 Å². The molecule has 0 radical (unpaired) electrons. The van der Waals surface area contributed by atoms with Gasteiger partial charge in [-0.05, 0) is 18.2 Å². The van der Waals surface area contributed by atoms with E-state index in [1.807, 2.05) is 0 Å².